The lowest BCUT2D eigenvalue weighted by Crippen LogP contribution is -2.60. The molecule has 0 radical (unpaired) electrons. The Morgan fingerprint density at radius 3 is 1.48 bits per heavy atom. The van der Waals surface area contributed by atoms with E-state index in [0.717, 1.165) is 0 Å². The van der Waals surface area contributed by atoms with Gasteiger partial charge in [-0.25, -0.2) is 4.79 Å². The first kappa shape index (κ1) is 52.7. The minimum Gasteiger partial charge on any atom is -0.508 e. The average Bonchev–Trinajstić information content (AvgIpc) is 3.20. The summed E-state index contributed by atoms with van der Waals surface area (Å²) < 4.78 is 0. The van der Waals surface area contributed by atoms with E-state index < -0.39 is 95.5 Å². The molecule has 2 rings (SSSR count). The van der Waals surface area contributed by atoms with Gasteiger partial charge in [0.2, 0.25) is 35.4 Å². The van der Waals surface area contributed by atoms with E-state index in [9.17, 15) is 48.9 Å². The van der Waals surface area contributed by atoms with E-state index in [-0.39, 0.29) is 62.0 Å². The molecule has 20 nitrogen and oxygen atoms in total. The number of carboxylic acid groups (broad SMARTS) is 1. The molecular formula is C43H66N10O10. The number of guanidine groups is 1. The fraction of sp³-hybridized carbons (Fsp3) is 0.535. The van der Waals surface area contributed by atoms with Crippen molar-refractivity contribution in [1.29, 1.82) is 0 Å². The van der Waals surface area contributed by atoms with Gasteiger partial charge in [-0.15, -0.1) is 0 Å². The molecule has 15 N–H and O–H groups in total. The fourth-order valence-electron chi connectivity index (χ4n) is 6.30. The average molecular weight is 883 g/mol. The number of aromatic hydroxyl groups is 2. The molecular weight excluding hydrogens is 817 g/mol. The van der Waals surface area contributed by atoms with E-state index in [1.807, 2.05) is 13.8 Å². The van der Waals surface area contributed by atoms with Gasteiger partial charge < -0.3 is 64.4 Å². The second-order valence-electron chi connectivity index (χ2n) is 16.6. The maximum absolute atomic E-state index is 14.0. The lowest BCUT2D eigenvalue weighted by molar-refractivity contribution is -0.143. The normalized spacial score (nSPS) is 14.5. The molecule has 0 saturated carbocycles. The standard InChI is InChI=1S/C43H66N10O10/c1-22(2)19-33(42(62)63)51-41(61)34(23(3)4)52-36(56)25(7)48-38(58)31(9-8-18-47-43(45)46)49-40(60)35(24(5)6)53-39(59)32(21-27-12-16-29(55)17-13-27)50-37(57)30(44)20-26-10-14-28(54)15-11-26/h10-17,22-25,30-35,54-55H,8-9,18-21,44H2,1-7H3,(H,48,58)(H,49,60)(H,50,57)(H,51,61)(H,52,56)(H,53,59)(H,62,63)(H4,45,46,47)/t25-,30-,31-,32-,33-,34-,35-/m0/s1. The number of nitrogens with two attached hydrogens (primary N) is 3. The molecule has 0 spiro atoms. The predicted molar refractivity (Wildman–Crippen MR) is 236 cm³/mol. The van der Waals surface area contributed by atoms with Gasteiger partial charge in [-0.3, -0.25) is 33.8 Å². The first-order valence-electron chi connectivity index (χ1n) is 20.9. The molecule has 2 aromatic rings. The molecule has 0 aliphatic heterocycles. The lowest BCUT2D eigenvalue weighted by Gasteiger charge is -2.28. The topological polar surface area (TPSA) is 343 Å². The monoisotopic (exact) mass is 882 g/mol. The van der Waals surface area contributed by atoms with Crippen molar-refractivity contribution in [3.05, 3.63) is 59.7 Å². The van der Waals surface area contributed by atoms with Crippen molar-refractivity contribution in [3.63, 3.8) is 0 Å². The smallest absolute Gasteiger partial charge is 0.326 e. The Labute approximate surface area is 368 Å². The van der Waals surface area contributed by atoms with Crippen molar-refractivity contribution in [2.75, 3.05) is 6.54 Å². The Morgan fingerprint density at radius 2 is 1.02 bits per heavy atom. The van der Waals surface area contributed by atoms with Crippen LogP contribution in [0.3, 0.4) is 0 Å². The molecule has 0 aromatic heterocycles. The third-order valence-electron chi connectivity index (χ3n) is 9.88. The Balaban J connectivity index is 2.29. The van der Waals surface area contributed by atoms with Gasteiger partial charge in [0, 0.05) is 13.0 Å². The summed E-state index contributed by atoms with van der Waals surface area (Å²) in [7, 11) is 0. The summed E-state index contributed by atoms with van der Waals surface area (Å²) >= 11 is 0. The number of aliphatic imine (C=N–C) groups is 1. The van der Waals surface area contributed by atoms with Crippen LogP contribution in [0.4, 0.5) is 0 Å². The molecule has 0 saturated heterocycles. The molecule has 0 fully saturated rings. The van der Waals surface area contributed by atoms with Gasteiger partial charge in [0.1, 0.15) is 47.8 Å². The molecule has 348 valence electrons. The van der Waals surface area contributed by atoms with Crippen LogP contribution in [0.15, 0.2) is 53.5 Å². The van der Waals surface area contributed by atoms with Crippen LogP contribution in [0.5, 0.6) is 11.5 Å². The SMILES string of the molecule is CC(C)C[C@H](NC(=O)[C@@H](NC(=O)[C@H](C)NC(=O)[C@H](CCCN=C(N)N)NC(=O)[C@@H](NC(=O)[C@H](Cc1ccc(O)cc1)NC(=O)[C@@H](N)Cc1ccc(O)cc1)C(C)C)C(C)C)C(=O)O. The molecule has 0 bridgehead atoms. The number of nitrogens with one attached hydrogen (secondary N) is 6. The van der Waals surface area contributed by atoms with Gasteiger partial charge in [-0.1, -0.05) is 65.8 Å². The molecule has 63 heavy (non-hydrogen) atoms. The minimum absolute atomic E-state index is 0.0106. The largest absolute Gasteiger partial charge is 0.508 e. The second kappa shape index (κ2) is 25.5. The molecule has 0 unspecified atom stereocenters. The van der Waals surface area contributed by atoms with Crippen LogP contribution in [0.2, 0.25) is 0 Å². The Morgan fingerprint density at radius 1 is 0.571 bits per heavy atom. The van der Waals surface area contributed by atoms with E-state index in [4.69, 9.17) is 17.2 Å². The van der Waals surface area contributed by atoms with Gasteiger partial charge in [0.15, 0.2) is 5.96 Å². The van der Waals surface area contributed by atoms with Gasteiger partial charge in [0.05, 0.1) is 6.04 Å². The van der Waals surface area contributed by atoms with Crippen molar-refractivity contribution in [3.8, 4) is 11.5 Å². The van der Waals surface area contributed by atoms with Crippen molar-refractivity contribution < 1.29 is 48.9 Å². The predicted octanol–water partition coefficient (Wildman–Crippen LogP) is -0.365. The maximum Gasteiger partial charge on any atom is 0.326 e. The van der Waals surface area contributed by atoms with Crippen LogP contribution in [-0.2, 0) is 46.4 Å². The first-order valence-corrected chi connectivity index (χ1v) is 20.9. The maximum atomic E-state index is 14.0. The van der Waals surface area contributed by atoms with Crippen LogP contribution in [0.1, 0.15) is 78.9 Å². The van der Waals surface area contributed by atoms with Crippen molar-refractivity contribution in [2.45, 2.75) is 123 Å². The number of phenols is 2. The number of nitrogens with zero attached hydrogens (tertiary/aromatic N) is 1. The van der Waals surface area contributed by atoms with Crippen LogP contribution in [-0.4, -0.2) is 112 Å². The zero-order valence-corrected chi connectivity index (χ0v) is 37.0. The minimum atomic E-state index is -1.28. The molecule has 6 amide bonds. The lowest BCUT2D eigenvalue weighted by atomic mass is 9.99. The third kappa shape index (κ3) is 18.6. The van der Waals surface area contributed by atoms with Crippen molar-refractivity contribution >= 4 is 47.4 Å². The summed E-state index contributed by atoms with van der Waals surface area (Å²) in [5.41, 5.74) is 18.4. The number of carboxylic acids is 1. The number of hydrogen-bond acceptors (Lipinski definition) is 11. The number of carbonyl (C=O) groups excluding carboxylic acids is 6. The number of rotatable bonds is 25. The summed E-state index contributed by atoms with van der Waals surface area (Å²) in [4.78, 5) is 97.3. The van der Waals surface area contributed by atoms with Gasteiger partial charge >= 0.3 is 5.97 Å². The van der Waals surface area contributed by atoms with E-state index in [0.29, 0.717) is 11.1 Å². The molecule has 0 heterocycles. The number of amides is 6. The zero-order valence-electron chi connectivity index (χ0n) is 37.0. The summed E-state index contributed by atoms with van der Waals surface area (Å²) in [6.45, 7) is 11.7. The summed E-state index contributed by atoms with van der Waals surface area (Å²) in [6, 6.07) is 3.67. The van der Waals surface area contributed by atoms with Gasteiger partial charge in [-0.2, -0.15) is 0 Å². The highest BCUT2D eigenvalue weighted by atomic mass is 16.4. The Kier molecular flexibility index (Phi) is 21.3. The highest BCUT2D eigenvalue weighted by molar-refractivity contribution is 5.97. The van der Waals surface area contributed by atoms with E-state index in [2.05, 4.69) is 36.9 Å². The van der Waals surface area contributed by atoms with Gasteiger partial charge in [0.25, 0.3) is 0 Å². The van der Waals surface area contributed by atoms with Crippen LogP contribution in [0.25, 0.3) is 0 Å². The van der Waals surface area contributed by atoms with E-state index >= 15 is 0 Å². The fourth-order valence-corrected chi connectivity index (χ4v) is 6.30. The first-order chi connectivity index (χ1) is 29.5. The van der Waals surface area contributed by atoms with Crippen LogP contribution in [0, 0.1) is 17.8 Å². The Hall–Kier alpha value is -6.44. The summed E-state index contributed by atoms with van der Waals surface area (Å²) in [6.07, 6.45) is 0.395. The quantitative estimate of drug-likeness (QED) is 0.0345. The molecule has 2 aromatic carbocycles. The van der Waals surface area contributed by atoms with Gasteiger partial charge in [-0.05, 0) is 85.8 Å². The van der Waals surface area contributed by atoms with Crippen molar-refractivity contribution in [2.24, 2.45) is 39.9 Å². The highest BCUT2D eigenvalue weighted by Crippen LogP contribution is 2.15. The molecule has 0 aliphatic rings. The second-order valence-corrected chi connectivity index (χ2v) is 16.6. The summed E-state index contributed by atoms with van der Waals surface area (Å²) in [5, 5.41) is 44.7. The number of carbonyl (C=O) groups is 7. The van der Waals surface area contributed by atoms with E-state index in [1.165, 1.54) is 31.2 Å². The number of phenolic OH excluding ortho intramolecular Hbond substituents is 2. The third-order valence-corrected chi connectivity index (χ3v) is 9.88. The molecule has 20 heteroatoms. The van der Waals surface area contributed by atoms with Crippen LogP contribution >= 0.6 is 0 Å². The molecule has 7 atom stereocenters. The highest BCUT2D eigenvalue weighted by Gasteiger charge is 2.34. The number of benzene rings is 2. The van der Waals surface area contributed by atoms with Crippen LogP contribution < -0.4 is 49.1 Å². The summed E-state index contributed by atoms with van der Waals surface area (Å²) in [5.74, 6) is -6.86. The molecule has 0 aliphatic carbocycles. The number of hydrogen-bond donors (Lipinski definition) is 12. The zero-order chi connectivity index (χ0) is 47.6. The van der Waals surface area contributed by atoms with Crippen molar-refractivity contribution in [1.82, 2.24) is 31.9 Å². The number of aliphatic carboxylic acids is 1. The Bertz CT molecular complexity index is 1890. The van der Waals surface area contributed by atoms with E-state index in [1.54, 1.807) is 52.0 Å².